The summed E-state index contributed by atoms with van der Waals surface area (Å²) in [4.78, 5) is 15.0. The van der Waals surface area contributed by atoms with Gasteiger partial charge in [-0.1, -0.05) is 44.2 Å². The fraction of sp³-hybridized carbons (Fsp3) is 0.444. The van der Waals surface area contributed by atoms with Crippen LogP contribution in [0.15, 0.2) is 71.1 Å². The average Bonchev–Trinajstić information content (AvgIpc) is 3.08. The highest BCUT2D eigenvalue weighted by Crippen LogP contribution is 2.40. The number of methoxy groups -OCH3 is 1. The van der Waals surface area contributed by atoms with Gasteiger partial charge < -0.3 is 29.4 Å². The first-order chi connectivity index (χ1) is 21.4. The van der Waals surface area contributed by atoms with Gasteiger partial charge in [0, 0.05) is 54.0 Å². The summed E-state index contributed by atoms with van der Waals surface area (Å²) in [6.45, 7) is 19.9. The standard InChI is InChI=1S/C27H31N2O.C8H17NO3.CH5N/c1-5-28(6-2)21-14-16-23-25(18-21)30-26-19-22(29(7-3)8-4)15-17-24(26)27(23)20-12-10-9-11-13-20;1-4-9(5-2)6-7-12-8(10)11-3;1-2/h9-19H,5-8H2,1-4H3;4-7H2,1-3H3;2H2,1H3/q+1;;. The van der Waals surface area contributed by atoms with E-state index < -0.39 is 6.16 Å². The van der Waals surface area contributed by atoms with E-state index in [1.165, 1.54) is 36.3 Å². The molecular weight excluding hydrogens is 552 g/mol. The summed E-state index contributed by atoms with van der Waals surface area (Å²) in [5.41, 5.74) is 10.2. The maximum absolute atomic E-state index is 10.5. The lowest BCUT2D eigenvalue weighted by Crippen LogP contribution is -2.29. The Kier molecular flexibility index (Phi) is 16.0. The monoisotopic (exact) mass is 605 g/mol. The van der Waals surface area contributed by atoms with Crippen LogP contribution in [0.2, 0.25) is 0 Å². The largest absolute Gasteiger partial charge is 0.508 e. The smallest absolute Gasteiger partial charge is 0.456 e. The number of ether oxygens (including phenoxy) is 2. The third kappa shape index (κ3) is 9.56. The fourth-order valence-corrected chi connectivity index (χ4v) is 5.21. The maximum atomic E-state index is 10.5. The highest BCUT2D eigenvalue weighted by molar-refractivity contribution is 6.02. The summed E-state index contributed by atoms with van der Waals surface area (Å²) in [5, 5.41) is 2.36. The van der Waals surface area contributed by atoms with Crippen molar-refractivity contribution in [2.45, 2.75) is 41.5 Å². The van der Waals surface area contributed by atoms with E-state index in [2.05, 4.69) is 133 Å². The first-order valence-corrected chi connectivity index (χ1v) is 15.8. The Bertz CT molecular complexity index is 1440. The molecule has 0 atom stereocenters. The number of nitrogens with zero attached hydrogens (tertiary/aromatic N) is 3. The van der Waals surface area contributed by atoms with E-state index in [0.29, 0.717) is 6.61 Å². The molecule has 0 amide bonds. The van der Waals surface area contributed by atoms with Gasteiger partial charge in [-0.15, -0.1) is 0 Å². The predicted octanol–water partition coefficient (Wildman–Crippen LogP) is 6.55. The topological polar surface area (TPSA) is 84.2 Å². The minimum Gasteiger partial charge on any atom is -0.456 e. The van der Waals surface area contributed by atoms with E-state index in [1.54, 1.807) is 0 Å². The molecule has 0 saturated carbocycles. The molecule has 2 aromatic carbocycles. The van der Waals surface area contributed by atoms with E-state index in [-0.39, 0.29) is 0 Å². The van der Waals surface area contributed by atoms with Gasteiger partial charge in [0.1, 0.15) is 31.0 Å². The minimum atomic E-state index is -0.609. The third-order valence-corrected chi connectivity index (χ3v) is 7.70. The van der Waals surface area contributed by atoms with Crippen LogP contribution in [0.25, 0.3) is 33.4 Å². The number of nitrogens with two attached hydrogens (primary N) is 1. The fourth-order valence-electron chi connectivity index (χ4n) is 5.21. The molecule has 0 radical (unpaired) electrons. The van der Waals surface area contributed by atoms with Crippen LogP contribution in [0.3, 0.4) is 0 Å². The third-order valence-electron chi connectivity index (χ3n) is 7.70. The Morgan fingerprint density at radius 3 is 2.07 bits per heavy atom. The molecule has 240 valence electrons. The Balaban J connectivity index is 0.000000409. The van der Waals surface area contributed by atoms with Gasteiger partial charge in [0.15, 0.2) is 0 Å². The van der Waals surface area contributed by atoms with Gasteiger partial charge in [-0.3, -0.25) is 0 Å². The van der Waals surface area contributed by atoms with Crippen LogP contribution in [0.5, 0.6) is 0 Å². The molecule has 2 N–H and O–H groups in total. The highest BCUT2D eigenvalue weighted by atomic mass is 16.7. The van der Waals surface area contributed by atoms with E-state index >= 15 is 0 Å². The molecule has 8 nitrogen and oxygen atoms in total. The number of carbonyl (C=O) groups excluding carboxylic acids is 1. The second kappa shape index (κ2) is 19.4. The maximum Gasteiger partial charge on any atom is 0.508 e. The summed E-state index contributed by atoms with van der Waals surface area (Å²) < 4.78 is 17.9. The quantitative estimate of drug-likeness (QED) is 0.118. The van der Waals surface area contributed by atoms with Crippen LogP contribution in [0.1, 0.15) is 41.5 Å². The lowest BCUT2D eigenvalue weighted by atomic mass is 9.93. The van der Waals surface area contributed by atoms with Crippen molar-refractivity contribution in [2.24, 2.45) is 5.73 Å². The molecule has 0 fully saturated rings. The molecule has 1 heterocycles. The molecule has 44 heavy (non-hydrogen) atoms. The molecule has 4 rings (SSSR count). The van der Waals surface area contributed by atoms with Crippen molar-refractivity contribution in [3.63, 3.8) is 0 Å². The summed E-state index contributed by atoms with van der Waals surface area (Å²) in [5.74, 6) is 0.933. The molecule has 0 spiro atoms. The Labute approximate surface area is 264 Å². The van der Waals surface area contributed by atoms with Crippen molar-refractivity contribution in [1.82, 2.24) is 9.48 Å². The van der Waals surface area contributed by atoms with Gasteiger partial charge >= 0.3 is 6.16 Å². The van der Waals surface area contributed by atoms with E-state index in [0.717, 1.165) is 68.1 Å². The molecule has 8 heteroatoms. The summed E-state index contributed by atoms with van der Waals surface area (Å²) in [7, 11) is 2.81. The number of anilines is 1. The van der Waals surface area contributed by atoms with Crippen molar-refractivity contribution < 1.29 is 18.7 Å². The Morgan fingerprint density at radius 1 is 0.841 bits per heavy atom. The van der Waals surface area contributed by atoms with Crippen molar-refractivity contribution in [1.29, 1.82) is 0 Å². The first-order valence-electron chi connectivity index (χ1n) is 15.8. The van der Waals surface area contributed by atoms with E-state index in [4.69, 9.17) is 9.15 Å². The highest BCUT2D eigenvalue weighted by Gasteiger charge is 2.19. The molecule has 1 aliphatic heterocycles. The zero-order valence-corrected chi connectivity index (χ0v) is 28.1. The van der Waals surface area contributed by atoms with Gasteiger partial charge in [-0.05, 0) is 71.6 Å². The van der Waals surface area contributed by atoms with Gasteiger partial charge in [-0.2, -0.15) is 0 Å². The zero-order valence-electron chi connectivity index (χ0n) is 28.1. The molecule has 0 unspecified atom stereocenters. The van der Waals surface area contributed by atoms with E-state index in [1.807, 2.05) is 0 Å². The van der Waals surface area contributed by atoms with Crippen molar-refractivity contribution in [3.05, 3.63) is 72.1 Å². The van der Waals surface area contributed by atoms with Gasteiger partial charge in [0.2, 0.25) is 5.36 Å². The second-order valence-electron chi connectivity index (χ2n) is 9.88. The number of benzene rings is 3. The Hall–Kier alpha value is -3.88. The van der Waals surface area contributed by atoms with Gasteiger partial charge in [-0.25, -0.2) is 9.37 Å². The normalized spacial score (nSPS) is 10.5. The van der Waals surface area contributed by atoms with Crippen LogP contribution in [0.4, 0.5) is 10.5 Å². The van der Waals surface area contributed by atoms with Crippen LogP contribution in [-0.2, 0) is 9.47 Å². The van der Waals surface area contributed by atoms with Crippen molar-refractivity contribution >= 4 is 22.8 Å². The van der Waals surface area contributed by atoms with Crippen LogP contribution < -0.4 is 20.6 Å². The summed E-state index contributed by atoms with van der Waals surface area (Å²) >= 11 is 0. The molecule has 1 aliphatic carbocycles. The lowest BCUT2D eigenvalue weighted by molar-refractivity contribution is 0.0646. The lowest BCUT2D eigenvalue weighted by Gasteiger charge is -2.22. The minimum absolute atomic E-state index is 0.397. The van der Waals surface area contributed by atoms with Gasteiger partial charge in [0.05, 0.1) is 13.2 Å². The zero-order chi connectivity index (χ0) is 32.5. The Morgan fingerprint density at radius 2 is 1.50 bits per heavy atom. The molecule has 2 aromatic rings. The van der Waals surface area contributed by atoms with Gasteiger partial charge in [0.25, 0.3) is 0 Å². The number of hydrogen-bond donors (Lipinski definition) is 1. The second-order valence-corrected chi connectivity index (χ2v) is 9.88. The van der Waals surface area contributed by atoms with Crippen LogP contribution in [0, 0.1) is 0 Å². The van der Waals surface area contributed by atoms with Crippen LogP contribution in [-0.4, -0.2) is 77.6 Å². The average molecular weight is 606 g/mol. The number of hydrogen-bond acceptors (Lipinski definition) is 7. The van der Waals surface area contributed by atoms with Crippen molar-refractivity contribution in [3.8, 4) is 22.5 Å². The summed E-state index contributed by atoms with van der Waals surface area (Å²) in [6.07, 6.45) is -0.609. The molecular formula is C36H53N4O4+. The number of fused-ring (bicyclic) bond motifs is 2. The van der Waals surface area contributed by atoms with Crippen LogP contribution >= 0.6 is 0 Å². The first kappa shape index (κ1) is 36.3. The number of carbonyl (C=O) groups is 1. The molecule has 0 saturated heterocycles. The molecule has 0 aromatic heterocycles. The van der Waals surface area contributed by atoms with E-state index in [9.17, 15) is 4.79 Å². The van der Waals surface area contributed by atoms with Crippen molar-refractivity contribution in [2.75, 3.05) is 71.5 Å². The summed E-state index contributed by atoms with van der Waals surface area (Å²) in [6, 6.07) is 23.9. The number of rotatable bonds is 11. The number of likely N-dealkylation sites (N-methyl/N-ethyl adjacent to an activating group) is 1. The molecule has 0 bridgehead atoms. The predicted molar refractivity (Wildman–Crippen MR) is 184 cm³/mol. The molecule has 2 aliphatic rings. The SMILES string of the molecule is CCN(CC)CCOC(=O)OC.CCN(CC)c1ccc2c(-c3ccccc3)c3ccc(=[N+](CC)CC)cc-3oc2c1.CN.